The van der Waals surface area contributed by atoms with E-state index >= 15 is 0 Å². The summed E-state index contributed by atoms with van der Waals surface area (Å²) in [7, 11) is 0. The second-order valence-corrected chi connectivity index (χ2v) is 9.37. The van der Waals surface area contributed by atoms with Gasteiger partial charge in [-0.1, -0.05) is 43.2 Å². The Labute approximate surface area is 190 Å². The van der Waals surface area contributed by atoms with Crippen LogP contribution in [0.2, 0.25) is 0 Å². The van der Waals surface area contributed by atoms with Crippen LogP contribution in [0.3, 0.4) is 0 Å². The number of aliphatic hydroxyl groups is 1. The highest BCUT2D eigenvalue weighted by Crippen LogP contribution is 2.38. The molecule has 2 heterocycles. The highest BCUT2D eigenvalue weighted by molar-refractivity contribution is 5.93. The van der Waals surface area contributed by atoms with Crippen molar-refractivity contribution in [2.45, 2.75) is 64.5 Å². The fourth-order valence-corrected chi connectivity index (χ4v) is 5.43. The third-order valence-corrected chi connectivity index (χ3v) is 7.40. The second-order valence-electron chi connectivity index (χ2n) is 9.37. The van der Waals surface area contributed by atoms with Gasteiger partial charge in [-0.2, -0.15) is 5.26 Å². The van der Waals surface area contributed by atoms with Gasteiger partial charge in [0.15, 0.2) is 0 Å². The summed E-state index contributed by atoms with van der Waals surface area (Å²) >= 11 is 0. The summed E-state index contributed by atoms with van der Waals surface area (Å²) in [6.07, 6.45) is 5.86. The summed E-state index contributed by atoms with van der Waals surface area (Å²) in [6, 6.07) is 12.5. The zero-order valence-electron chi connectivity index (χ0n) is 19.2. The molecule has 1 saturated heterocycles. The SMILES string of the molecule is Cc1c(C#N)c(NC(=O)CN2CCC(C(O)c3ccccc3)CC2)n(C2CCCC2)c1C. The number of aromatic nitrogens is 1. The Morgan fingerprint density at radius 1 is 1.16 bits per heavy atom. The standard InChI is InChI=1S/C26H34N4O2/c1-18-19(2)30(22-10-6-7-11-22)26(23(18)16-27)28-24(31)17-29-14-12-21(13-15-29)25(32)20-8-4-3-5-9-20/h3-5,8-9,21-22,25,32H,6-7,10-15,17H2,1-2H3,(H,28,31). The minimum atomic E-state index is -0.453. The van der Waals surface area contributed by atoms with Gasteiger partial charge in [0.05, 0.1) is 18.2 Å². The second kappa shape index (κ2) is 9.89. The van der Waals surface area contributed by atoms with Crippen molar-refractivity contribution in [2.75, 3.05) is 25.0 Å². The van der Waals surface area contributed by atoms with Gasteiger partial charge in [-0.15, -0.1) is 0 Å². The zero-order valence-corrected chi connectivity index (χ0v) is 19.2. The molecule has 2 aromatic rings. The number of aliphatic hydroxyl groups excluding tert-OH is 1. The van der Waals surface area contributed by atoms with Gasteiger partial charge in [0, 0.05) is 11.7 Å². The van der Waals surface area contributed by atoms with E-state index in [0.717, 1.165) is 55.6 Å². The lowest BCUT2D eigenvalue weighted by Gasteiger charge is -2.34. The van der Waals surface area contributed by atoms with Crippen LogP contribution in [-0.4, -0.2) is 40.1 Å². The Hall–Kier alpha value is -2.62. The normalized spacial score (nSPS) is 19.1. The average Bonchev–Trinajstić information content (AvgIpc) is 3.41. The first-order valence-electron chi connectivity index (χ1n) is 11.9. The molecular weight excluding hydrogens is 400 g/mol. The zero-order chi connectivity index (χ0) is 22.7. The minimum Gasteiger partial charge on any atom is -0.388 e. The van der Waals surface area contributed by atoms with E-state index in [2.05, 4.69) is 20.9 Å². The van der Waals surface area contributed by atoms with Crippen LogP contribution >= 0.6 is 0 Å². The number of nitriles is 1. The van der Waals surface area contributed by atoms with E-state index in [0.29, 0.717) is 24.0 Å². The first kappa shape index (κ1) is 22.6. The number of hydrogen-bond acceptors (Lipinski definition) is 4. The lowest BCUT2D eigenvalue weighted by molar-refractivity contribution is -0.117. The van der Waals surface area contributed by atoms with Crippen molar-refractivity contribution < 1.29 is 9.90 Å². The molecule has 0 spiro atoms. The van der Waals surface area contributed by atoms with Crippen molar-refractivity contribution >= 4 is 11.7 Å². The third kappa shape index (κ3) is 4.60. The lowest BCUT2D eigenvalue weighted by Crippen LogP contribution is -2.40. The first-order chi connectivity index (χ1) is 15.5. The number of benzene rings is 1. The maximum atomic E-state index is 12.9. The summed E-state index contributed by atoms with van der Waals surface area (Å²) in [5.74, 6) is 0.820. The summed E-state index contributed by atoms with van der Waals surface area (Å²) in [5.41, 5.74) is 3.60. The number of amides is 1. The van der Waals surface area contributed by atoms with Crippen molar-refractivity contribution in [3.63, 3.8) is 0 Å². The molecule has 0 bridgehead atoms. The summed E-state index contributed by atoms with van der Waals surface area (Å²) < 4.78 is 2.20. The number of carbonyl (C=O) groups is 1. The van der Waals surface area contributed by atoms with Crippen molar-refractivity contribution in [2.24, 2.45) is 5.92 Å². The first-order valence-corrected chi connectivity index (χ1v) is 11.9. The van der Waals surface area contributed by atoms with Gasteiger partial charge >= 0.3 is 0 Å². The van der Waals surface area contributed by atoms with E-state index in [4.69, 9.17) is 0 Å². The summed E-state index contributed by atoms with van der Waals surface area (Å²) in [4.78, 5) is 15.1. The molecule has 1 amide bonds. The molecule has 2 aliphatic rings. The molecule has 1 aliphatic carbocycles. The predicted molar refractivity (Wildman–Crippen MR) is 125 cm³/mol. The van der Waals surface area contributed by atoms with Crippen LogP contribution in [0.4, 0.5) is 5.82 Å². The molecule has 1 aliphatic heterocycles. The molecule has 1 aromatic carbocycles. The van der Waals surface area contributed by atoms with Crippen molar-refractivity contribution in [1.82, 2.24) is 9.47 Å². The van der Waals surface area contributed by atoms with Gasteiger partial charge in [0.25, 0.3) is 0 Å². The lowest BCUT2D eigenvalue weighted by atomic mass is 9.87. The number of carbonyl (C=O) groups excluding carboxylic acids is 1. The summed E-state index contributed by atoms with van der Waals surface area (Å²) in [5, 5.41) is 23.5. The Morgan fingerprint density at radius 3 is 2.44 bits per heavy atom. The van der Waals surface area contributed by atoms with Crippen LogP contribution in [0, 0.1) is 31.1 Å². The van der Waals surface area contributed by atoms with Crippen molar-refractivity contribution in [3.8, 4) is 6.07 Å². The van der Waals surface area contributed by atoms with Gasteiger partial charge in [0.2, 0.25) is 5.91 Å². The number of rotatable bonds is 6. The molecule has 1 saturated carbocycles. The van der Waals surface area contributed by atoms with Crippen LogP contribution in [0.1, 0.15) is 73.1 Å². The van der Waals surface area contributed by atoms with Crippen molar-refractivity contribution in [1.29, 1.82) is 5.26 Å². The molecule has 170 valence electrons. The van der Waals surface area contributed by atoms with Crippen LogP contribution in [0.15, 0.2) is 30.3 Å². The summed E-state index contributed by atoms with van der Waals surface area (Å²) in [6.45, 7) is 5.90. The highest BCUT2D eigenvalue weighted by atomic mass is 16.3. The largest absolute Gasteiger partial charge is 0.388 e. The average molecular weight is 435 g/mol. The fourth-order valence-electron chi connectivity index (χ4n) is 5.43. The minimum absolute atomic E-state index is 0.0692. The Bertz CT molecular complexity index is 977. The molecule has 1 unspecified atom stereocenters. The molecule has 6 nitrogen and oxygen atoms in total. The van der Waals surface area contributed by atoms with E-state index < -0.39 is 6.10 Å². The molecule has 32 heavy (non-hydrogen) atoms. The smallest absolute Gasteiger partial charge is 0.239 e. The molecule has 2 N–H and O–H groups in total. The van der Waals surface area contributed by atoms with Gasteiger partial charge in [-0.05, 0) is 69.7 Å². The maximum Gasteiger partial charge on any atom is 0.239 e. The predicted octanol–water partition coefficient (Wildman–Crippen LogP) is 4.48. The number of anilines is 1. The Balaban J connectivity index is 1.38. The molecule has 6 heteroatoms. The number of hydrogen-bond donors (Lipinski definition) is 2. The monoisotopic (exact) mass is 434 g/mol. The number of piperidine rings is 1. The molecule has 1 atom stereocenters. The van der Waals surface area contributed by atoms with Gasteiger partial charge in [-0.3, -0.25) is 9.69 Å². The van der Waals surface area contributed by atoms with E-state index in [1.807, 2.05) is 44.2 Å². The molecule has 2 fully saturated rings. The van der Waals surface area contributed by atoms with Gasteiger partial charge in [0.1, 0.15) is 11.9 Å². The quantitative estimate of drug-likeness (QED) is 0.703. The molecule has 0 radical (unpaired) electrons. The van der Waals surface area contributed by atoms with E-state index in [-0.39, 0.29) is 11.8 Å². The van der Waals surface area contributed by atoms with E-state index in [9.17, 15) is 15.2 Å². The third-order valence-electron chi connectivity index (χ3n) is 7.40. The Kier molecular flexibility index (Phi) is 6.98. The Morgan fingerprint density at radius 2 is 1.81 bits per heavy atom. The molecule has 4 rings (SSSR count). The van der Waals surface area contributed by atoms with Crippen LogP contribution in [-0.2, 0) is 4.79 Å². The highest BCUT2D eigenvalue weighted by Gasteiger charge is 2.29. The van der Waals surface area contributed by atoms with Gasteiger partial charge in [-0.25, -0.2) is 0 Å². The topological polar surface area (TPSA) is 81.3 Å². The number of nitrogens with one attached hydrogen (secondary N) is 1. The van der Waals surface area contributed by atoms with Crippen LogP contribution in [0.25, 0.3) is 0 Å². The molecular formula is C26H34N4O2. The number of likely N-dealkylation sites (tertiary alicyclic amines) is 1. The van der Waals surface area contributed by atoms with Crippen molar-refractivity contribution in [3.05, 3.63) is 52.7 Å². The van der Waals surface area contributed by atoms with E-state index in [1.54, 1.807) is 0 Å². The molecule has 1 aromatic heterocycles. The van der Waals surface area contributed by atoms with E-state index in [1.165, 1.54) is 12.8 Å². The van der Waals surface area contributed by atoms with Crippen LogP contribution in [0.5, 0.6) is 0 Å². The number of nitrogens with zero attached hydrogens (tertiary/aromatic N) is 3. The maximum absolute atomic E-state index is 12.9. The fraction of sp³-hybridized carbons (Fsp3) is 0.538. The van der Waals surface area contributed by atoms with Gasteiger partial charge < -0.3 is 15.0 Å². The van der Waals surface area contributed by atoms with Crippen LogP contribution < -0.4 is 5.32 Å².